The first kappa shape index (κ1) is 25.5. The van der Waals surface area contributed by atoms with Gasteiger partial charge in [0.1, 0.15) is 4.90 Å². The number of nitrogens with two attached hydrogens (primary N) is 1. The number of benzene rings is 4. The van der Waals surface area contributed by atoms with E-state index in [1.165, 1.54) is 24.3 Å². The minimum Gasteiger partial charge on any atom is -1.00 e. The highest BCUT2D eigenvalue weighted by Gasteiger charge is 2.25. The molecule has 1 heterocycles. The molecule has 0 radical (unpaired) electrons. The van der Waals surface area contributed by atoms with Gasteiger partial charge in [-0.1, -0.05) is 42.5 Å². The lowest BCUT2D eigenvalue weighted by Gasteiger charge is -2.12. The van der Waals surface area contributed by atoms with E-state index in [4.69, 9.17) is 9.56 Å². The summed E-state index contributed by atoms with van der Waals surface area (Å²) < 4.78 is 63.9. The molecule has 0 unspecified atom stereocenters. The highest BCUT2D eigenvalue weighted by Crippen LogP contribution is 2.40. The summed E-state index contributed by atoms with van der Waals surface area (Å²) in [7, 11) is -8.45. The van der Waals surface area contributed by atoms with Crippen molar-refractivity contribution in [3.63, 3.8) is 0 Å². The minimum atomic E-state index is -4.44. The van der Waals surface area contributed by atoms with Gasteiger partial charge in [0, 0.05) is 22.9 Å². The number of hydrogen-bond donors (Lipinski definition) is 3. The molecule has 0 aliphatic heterocycles. The van der Waals surface area contributed by atoms with Gasteiger partial charge in [0.05, 0.1) is 27.4 Å². The second-order valence-electron chi connectivity index (χ2n) is 7.82. The minimum absolute atomic E-state index is 0. The number of anilines is 2. The Morgan fingerprint density at radius 3 is 2.06 bits per heavy atom. The highest BCUT2D eigenvalue weighted by molar-refractivity contribution is 7.89. The monoisotopic (exact) mass is 542 g/mol. The zero-order valence-electron chi connectivity index (χ0n) is 18.4. The number of nitrogens with one attached hydrogen (secondary N) is 1. The lowest BCUT2D eigenvalue weighted by atomic mass is 9.97. The molecule has 0 spiro atoms. The van der Waals surface area contributed by atoms with Crippen molar-refractivity contribution in [3.05, 3.63) is 91.0 Å². The quantitative estimate of drug-likeness (QED) is 0.176. The van der Waals surface area contributed by atoms with Gasteiger partial charge in [0.2, 0.25) is 10.0 Å². The Labute approximate surface area is 213 Å². The number of para-hydroxylation sites is 2. The summed E-state index contributed by atoms with van der Waals surface area (Å²) in [4.78, 5) is -0.278. The fraction of sp³-hybridized carbons (Fsp3) is 0. The van der Waals surface area contributed by atoms with Gasteiger partial charge in [0.25, 0.3) is 10.1 Å². The summed E-state index contributed by atoms with van der Waals surface area (Å²) in [5, 5.41) is 9.85. The number of hydrogen-bond acceptors (Lipinski definition) is 5. The third kappa shape index (κ3) is 4.77. The van der Waals surface area contributed by atoms with Crippen molar-refractivity contribution in [1.82, 2.24) is 0 Å². The molecule has 36 heavy (non-hydrogen) atoms. The molecule has 0 saturated carbocycles. The molecule has 4 N–H and O–H groups in total. The standard InChI is InChI=1S/C25H18N2O6S2.ClH/c26-34(28,29)23-11-5-2-8-19(23)25-17-7-1-4-10-21(17)33-22-15-16(13-14-18(22)25)27-20-9-3-6-12-24(20)35(30,31)32;/h1-15,27H,(H2-,26,28,29,30,31,32);1H. The smallest absolute Gasteiger partial charge is 0.363 e. The zero-order chi connectivity index (χ0) is 24.8. The Balaban J connectivity index is 0.00000304. The van der Waals surface area contributed by atoms with E-state index in [1.807, 2.05) is 12.1 Å². The average molecular weight is 543 g/mol. The van der Waals surface area contributed by atoms with Crippen LogP contribution in [0.5, 0.6) is 0 Å². The Morgan fingerprint density at radius 2 is 1.33 bits per heavy atom. The van der Waals surface area contributed by atoms with E-state index in [1.54, 1.807) is 54.6 Å². The Kier molecular flexibility index (Phi) is 6.74. The fourth-order valence-corrected chi connectivity index (χ4v) is 5.47. The summed E-state index contributed by atoms with van der Waals surface area (Å²) in [5.41, 5.74) is 2.71. The average Bonchev–Trinajstić information content (AvgIpc) is 2.81. The van der Waals surface area contributed by atoms with Gasteiger partial charge in [-0.3, -0.25) is 4.55 Å². The lowest BCUT2D eigenvalue weighted by molar-refractivity contribution is -0.0000140. The van der Waals surface area contributed by atoms with Crippen LogP contribution in [0.25, 0.3) is 33.1 Å². The Bertz CT molecular complexity index is 1840. The van der Waals surface area contributed by atoms with Crippen LogP contribution in [0.2, 0.25) is 0 Å². The Hall–Kier alpha value is -3.54. The van der Waals surface area contributed by atoms with Gasteiger partial charge in [-0.25, -0.2) is 18.0 Å². The molecule has 184 valence electrons. The van der Waals surface area contributed by atoms with Crippen LogP contribution in [0.4, 0.5) is 11.4 Å². The summed E-state index contributed by atoms with van der Waals surface area (Å²) in [6.07, 6.45) is 0. The van der Waals surface area contributed by atoms with Gasteiger partial charge in [0.15, 0.2) is 0 Å². The zero-order valence-corrected chi connectivity index (χ0v) is 20.8. The number of halogens is 1. The molecule has 0 fully saturated rings. The van der Waals surface area contributed by atoms with Crippen LogP contribution in [0, 0.1) is 0 Å². The molecule has 0 atom stereocenters. The van der Waals surface area contributed by atoms with E-state index >= 15 is 0 Å². The van der Waals surface area contributed by atoms with Crippen molar-refractivity contribution in [1.29, 1.82) is 0 Å². The van der Waals surface area contributed by atoms with E-state index in [0.717, 1.165) is 0 Å². The van der Waals surface area contributed by atoms with Crippen molar-refractivity contribution >= 4 is 53.5 Å². The van der Waals surface area contributed by atoms with Gasteiger partial charge < -0.3 is 17.7 Å². The van der Waals surface area contributed by atoms with E-state index in [0.29, 0.717) is 38.8 Å². The topological polar surface area (TPSA) is 138 Å². The molecule has 0 aliphatic carbocycles. The molecule has 5 rings (SSSR count). The van der Waals surface area contributed by atoms with Crippen LogP contribution < -0.4 is 22.9 Å². The molecule has 8 nitrogen and oxygen atoms in total. The van der Waals surface area contributed by atoms with Crippen molar-refractivity contribution in [2.24, 2.45) is 5.14 Å². The third-order valence-electron chi connectivity index (χ3n) is 5.53. The first-order chi connectivity index (χ1) is 16.6. The molecule has 0 amide bonds. The number of rotatable bonds is 5. The van der Waals surface area contributed by atoms with E-state index in [2.05, 4.69) is 5.32 Å². The molecular weight excluding hydrogens is 524 g/mol. The first-order valence-electron chi connectivity index (χ1n) is 10.4. The highest BCUT2D eigenvalue weighted by atomic mass is 35.5. The molecule has 1 aromatic heterocycles. The first-order valence-corrected chi connectivity index (χ1v) is 13.4. The second kappa shape index (κ2) is 9.49. The predicted molar refractivity (Wildman–Crippen MR) is 134 cm³/mol. The van der Waals surface area contributed by atoms with Crippen molar-refractivity contribution in [2.45, 2.75) is 9.79 Å². The number of primary sulfonamides is 1. The van der Waals surface area contributed by atoms with Gasteiger partial charge in [-0.05, 0) is 36.4 Å². The molecule has 0 bridgehead atoms. The number of sulfonamides is 1. The van der Waals surface area contributed by atoms with Crippen LogP contribution in [-0.4, -0.2) is 21.4 Å². The SMILES string of the molecule is NS(=O)(=O)c1ccccc1-c1c2ccccc2[o+]c2cc(Nc3ccccc3S(=O)(=O)O)ccc12.[Cl-]. The number of fused-ring (bicyclic) bond motifs is 2. The molecule has 5 aromatic rings. The van der Waals surface area contributed by atoms with Gasteiger partial charge in [-0.15, -0.1) is 0 Å². The van der Waals surface area contributed by atoms with Crippen LogP contribution in [-0.2, 0) is 20.1 Å². The van der Waals surface area contributed by atoms with E-state index < -0.39 is 20.1 Å². The van der Waals surface area contributed by atoms with Crippen molar-refractivity contribution in [3.8, 4) is 11.1 Å². The van der Waals surface area contributed by atoms with Crippen molar-refractivity contribution < 1.29 is 38.2 Å². The summed E-state index contributed by atoms with van der Waals surface area (Å²) >= 11 is 0. The van der Waals surface area contributed by atoms with E-state index in [-0.39, 0.29) is 27.9 Å². The second-order valence-corrected chi connectivity index (χ2v) is 10.7. The maximum absolute atomic E-state index is 12.3. The molecule has 0 aliphatic rings. The summed E-state index contributed by atoms with van der Waals surface area (Å²) in [5.74, 6) is 0. The van der Waals surface area contributed by atoms with Crippen LogP contribution in [0.1, 0.15) is 0 Å². The maximum Gasteiger partial charge on any atom is 0.363 e. The van der Waals surface area contributed by atoms with Crippen LogP contribution >= 0.6 is 0 Å². The van der Waals surface area contributed by atoms with Crippen LogP contribution in [0.15, 0.2) is 105 Å². The maximum atomic E-state index is 12.3. The molecule has 0 saturated heterocycles. The molecular formula is C25H19ClN2O6S2. The molecule has 4 aromatic carbocycles. The Morgan fingerprint density at radius 1 is 0.722 bits per heavy atom. The summed E-state index contributed by atoms with van der Waals surface area (Å²) in [6, 6.07) is 24.8. The normalized spacial score (nSPS) is 11.8. The fourth-order valence-electron chi connectivity index (χ4n) is 4.08. The van der Waals surface area contributed by atoms with Gasteiger partial charge in [-0.2, -0.15) is 8.42 Å². The van der Waals surface area contributed by atoms with Crippen LogP contribution in [0.3, 0.4) is 0 Å². The molecule has 11 heteroatoms. The third-order valence-corrected chi connectivity index (χ3v) is 7.42. The predicted octanol–water partition coefficient (Wildman–Crippen LogP) is 2.18. The van der Waals surface area contributed by atoms with Gasteiger partial charge >= 0.3 is 11.2 Å². The largest absolute Gasteiger partial charge is 1.00 e. The van der Waals surface area contributed by atoms with E-state index in [9.17, 15) is 21.4 Å². The van der Waals surface area contributed by atoms with Crippen molar-refractivity contribution in [2.75, 3.05) is 5.32 Å². The summed E-state index contributed by atoms with van der Waals surface area (Å²) in [6.45, 7) is 0. The lowest BCUT2D eigenvalue weighted by Crippen LogP contribution is -3.00.